The number of amides is 1. The number of benzene rings is 1. The lowest BCUT2D eigenvalue weighted by Gasteiger charge is -2.09. The van der Waals surface area contributed by atoms with Crippen LogP contribution >= 0.6 is 0 Å². The molecule has 2 rings (SSSR count). The number of rotatable bonds is 6. The van der Waals surface area contributed by atoms with Crippen molar-refractivity contribution in [1.29, 1.82) is 0 Å². The summed E-state index contributed by atoms with van der Waals surface area (Å²) >= 11 is 0. The number of hydrogen-bond acceptors (Lipinski definition) is 6. The molecule has 2 aromatic rings. The lowest BCUT2D eigenvalue weighted by molar-refractivity contribution is -0.117. The molecule has 0 saturated carbocycles. The van der Waals surface area contributed by atoms with Gasteiger partial charge >= 0.3 is 0 Å². The molecule has 2 N–H and O–H groups in total. The molecular formula is C12H15N5O4S. The van der Waals surface area contributed by atoms with Crippen LogP contribution in [0, 0.1) is 0 Å². The molecule has 10 heteroatoms. The SMILES string of the molecule is COc1ccccc1NC(=O)Cn1ncc(NS(C)(=O)=O)n1. The first kappa shape index (κ1) is 15.8. The first-order chi connectivity index (χ1) is 10.4. The number of carbonyl (C=O) groups excluding carboxylic acids is 1. The predicted octanol–water partition coefficient (Wildman–Crippen LogP) is 0.297. The van der Waals surface area contributed by atoms with Gasteiger partial charge in [-0.15, -0.1) is 5.10 Å². The van der Waals surface area contributed by atoms with Crippen LogP contribution in [0.5, 0.6) is 5.75 Å². The highest BCUT2D eigenvalue weighted by atomic mass is 32.2. The first-order valence-corrected chi connectivity index (χ1v) is 8.07. The fourth-order valence-electron chi connectivity index (χ4n) is 1.68. The van der Waals surface area contributed by atoms with E-state index in [1.807, 2.05) is 0 Å². The van der Waals surface area contributed by atoms with E-state index in [4.69, 9.17) is 4.74 Å². The zero-order valence-corrected chi connectivity index (χ0v) is 12.8. The second kappa shape index (κ2) is 6.43. The molecule has 1 aromatic carbocycles. The summed E-state index contributed by atoms with van der Waals surface area (Å²) in [5.74, 6) is 0.210. The second-order valence-electron chi connectivity index (χ2n) is 4.38. The van der Waals surface area contributed by atoms with E-state index in [2.05, 4.69) is 20.2 Å². The molecule has 0 radical (unpaired) electrons. The number of hydrogen-bond donors (Lipinski definition) is 2. The fraction of sp³-hybridized carbons (Fsp3) is 0.250. The Balaban J connectivity index is 2.00. The van der Waals surface area contributed by atoms with Crippen LogP contribution in [0.25, 0.3) is 0 Å². The van der Waals surface area contributed by atoms with Gasteiger partial charge in [-0.1, -0.05) is 12.1 Å². The molecule has 0 bridgehead atoms. The number of nitrogens with one attached hydrogen (secondary N) is 2. The summed E-state index contributed by atoms with van der Waals surface area (Å²) in [4.78, 5) is 13.0. The van der Waals surface area contributed by atoms with E-state index in [0.717, 1.165) is 11.1 Å². The molecule has 0 fully saturated rings. The third-order valence-electron chi connectivity index (χ3n) is 2.49. The zero-order chi connectivity index (χ0) is 16.2. The van der Waals surface area contributed by atoms with Crippen molar-refractivity contribution in [3.63, 3.8) is 0 Å². The average molecular weight is 325 g/mol. The summed E-state index contributed by atoms with van der Waals surface area (Å²) < 4.78 is 29.4. The summed E-state index contributed by atoms with van der Waals surface area (Å²) in [6, 6.07) is 6.96. The monoisotopic (exact) mass is 325 g/mol. The Labute approximate surface area is 127 Å². The third kappa shape index (κ3) is 4.45. The molecule has 0 aliphatic rings. The van der Waals surface area contributed by atoms with Crippen LogP contribution in [-0.4, -0.2) is 42.7 Å². The fourth-order valence-corrected chi connectivity index (χ4v) is 2.15. The maximum absolute atomic E-state index is 11.9. The molecule has 22 heavy (non-hydrogen) atoms. The zero-order valence-electron chi connectivity index (χ0n) is 12.0. The summed E-state index contributed by atoms with van der Waals surface area (Å²) in [5.41, 5.74) is 0.525. The molecule has 0 atom stereocenters. The van der Waals surface area contributed by atoms with E-state index in [1.165, 1.54) is 13.3 Å². The van der Waals surface area contributed by atoms with Crippen LogP contribution in [0.2, 0.25) is 0 Å². The van der Waals surface area contributed by atoms with E-state index in [1.54, 1.807) is 24.3 Å². The summed E-state index contributed by atoms with van der Waals surface area (Å²) in [6.45, 7) is -0.163. The van der Waals surface area contributed by atoms with Crippen molar-refractivity contribution in [2.45, 2.75) is 6.54 Å². The van der Waals surface area contributed by atoms with E-state index in [9.17, 15) is 13.2 Å². The smallest absolute Gasteiger partial charge is 0.248 e. The highest BCUT2D eigenvalue weighted by molar-refractivity contribution is 7.92. The Morgan fingerprint density at radius 1 is 1.36 bits per heavy atom. The second-order valence-corrected chi connectivity index (χ2v) is 6.13. The molecule has 0 aliphatic heterocycles. The van der Waals surface area contributed by atoms with Crippen LogP contribution in [-0.2, 0) is 21.4 Å². The number of anilines is 2. The summed E-state index contributed by atoms with van der Waals surface area (Å²) in [5, 5.41) is 10.3. The first-order valence-electron chi connectivity index (χ1n) is 6.18. The molecule has 0 saturated heterocycles. The maximum atomic E-state index is 11.9. The molecule has 1 amide bonds. The van der Waals surface area contributed by atoms with Crippen LogP contribution in [0.1, 0.15) is 0 Å². The van der Waals surface area contributed by atoms with Crippen molar-refractivity contribution in [2.75, 3.05) is 23.4 Å². The predicted molar refractivity (Wildman–Crippen MR) is 80.1 cm³/mol. The highest BCUT2D eigenvalue weighted by Crippen LogP contribution is 2.22. The lowest BCUT2D eigenvalue weighted by atomic mass is 10.3. The van der Waals surface area contributed by atoms with Gasteiger partial charge in [0.1, 0.15) is 12.3 Å². The number of sulfonamides is 1. The molecule has 0 spiro atoms. The van der Waals surface area contributed by atoms with Gasteiger partial charge < -0.3 is 10.1 Å². The molecule has 9 nitrogen and oxygen atoms in total. The number of ether oxygens (including phenoxy) is 1. The van der Waals surface area contributed by atoms with E-state index >= 15 is 0 Å². The Morgan fingerprint density at radius 3 is 2.77 bits per heavy atom. The molecule has 1 aromatic heterocycles. The van der Waals surface area contributed by atoms with Gasteiger partial charge in [0.25, 0.3) is 0 Å². The Morgan fingerprint density at radius 2 is 2.09 bits per heavy atom. The number of aromatic nitrogens is 3. The van der Waals surface area contributed by atoms with Gasteiger partial charge in [0.2, 0.25) is 15.9 Å². The van der Waals surface area contributed by atoms with Gasteiger partial charge in [0.05, 0.1) is 25.2 Å². The highest BCUT2D eigenvalue weighted by Gasteiger charge is 2.11. The molecular weight excluding hydrogens is 310 g/mol. The van der Waals surface area contributed by atoms with Crippen molar-refractivity contribution in [3.8, 4) is 5.75 Å². The topological polar surface area (TPSA) is 115 Å². The minimum absolute atomic E-state index is 0.0487. The van der Waals surface area contributed by atoms with Crippen molar-refractivity contribution in [2.24, 2.45) is 0 Å². The van der Waals surface area contributed by atoms with E-state index in [-0.39, 0.29) is 18.3 Å². The number of methoxy groups -OCH3 is 1. The van der Waals surface area contributed by atoms with Crippen LogP contribution < -0.4 is 14.8 Å². The molecule has 0 aliphatic carbocycles. The summed E-state index contributed by atoms with van der Waals surface area (Å²) in [6.07, 6.45) is 2.22. The lowest BCUT2D eigenvalue weighted by Crippen LogP contribution is -2.21. The van der Waals surface area contributed by atoms with Crippen molar-refractivity contribution in [3.05, 3.63) is 30.5 Å². The minimum atomic E-state index is -3.43. The van der Waals surface area contributed by atoms with Gasteiger partial charge in [-0.25, -0.2) is 8.42 Å². The van der Waals surface area contributed by atoms with Gasteiger partial charge in [0, 0.05) is 0 Å². The van der Waals surface area contributed by atoms with Crippen LogP contribution in [0.15, 0.2) is 30.5 Å². The maximum Gasteiger partial charge on any atom is 0.248 e. The number of para-hydroxylation sites is 2. The quantitative estimate of drug-likeness (QED) is 0.789. The van der Waals surface area contributed by atoms with Crippen LogP contribution in [0.3, 0.4) is 0 Å². The van der Waals surface area contributed by atoms with Crippen molar-refractivity contribution < 1.29 is 17.9 Å². The Bertz CT molecular complexity index is 771. The van der Waals surface area contributed by atoms with Crippen molar-refractivity contribution in [1.82, 2.24) is 15.0 Å². The van der Waals surface area contributed by atoms with Crippen molar-refractivity contribution >= 4 is 27.4 Å². The average Bonchev–Trinajstić information content (AvgIpc) is 2.84. The Kier molecular flexibility index (Phi) is 4.61. The molecule has 0 unspecified atom stereocenters. The van der Waals surface area contributed by atoms with Gasteiger partial charge in [0.15, 0.2) is 5.82 Å². The van der Waals surface area contributed by atoms with Gasteiger partial charge in [-0.2, -0.15) is 9.90 Å². The third-order valence-corrected chi connectivity index (χ3v) is 3.07. The molecule has 118 valence electrons. The van der Waals surface area contributed by atoms with Crippen LogP contribution in [0.4, 0.5) is 11.5 Å². The standard InChI is InChI=1S/C12H15N5O4S/c1-21-10-6-4-3-5-9(10)14-12(18)8-17-13-7-11(15-17)16-22(2,19)20/h3-7H,8H2,1-2H3,(H,14,18)(H,15,16). The van der Waals surface area contributed by atoms with E-state index < -0.39 is 10.0 Å². The van der Waals surface area contributed by atoms with Gasteiger partial charge in [-0.05, 0) is 12.1 Å². The number of carbonyl (C=O) groups is 1. The summed E-state index contributed by atoms with van der Waals surface area (Å²) in [7, 11) is -1.93. The molecule has 1 heterocycles. The van der Waals surface area contributed by atoms with Gasteiger partial charge in [-0.3, -0.25) is 9.52 Å². The van der Waals surface area contributed by atoms with E-state index in [0.29, 0.717) is 11.4 Å². The Hall–Kier alpha value is -2.62. The largest absolute Gasteiger partial charge is 0.495 e. The minimum Gasteiger partial charge on any atom is -0.495 e. The normalized spacial score (nSPS) is 11.0. The number of nitrogens with zero attached hydrogens (tertiary/aromatic N) is 3.